The molecule has 0 bridgehead atoms. The number of halogens is 1. The van der Waals surface area contributed by atoms with Gasteiger partial charge in [0.15, 0.2) is 0 Å². The highest BCUT2D eigenvalue weighted by molar-refractivity contribution is 8.26. The lowest BCUT2D eigenvalue weighted by Crippen LogP contribution is -2.39. The first kappa shape index (κ1) is 23.6. The van der Waals surface area contributed by atoms with E-state index in [9.17, 15) is 9.90 Å². The van der Waals surface area contributed by atoms with Crippen LogP contribution >= 0.6 is 35.6 Å². The summed E-state index contributed by atoms with van der Waals surface area (Å²) < 4.78 is 6.82. The van der Waals surface area contributed by atoms with Crippen molar-refractivity contribution < 1.29 is 14.3 Å². The van der Waals surface area contributed by atoms with E-state index in [0.29, 0.717) is 32.9 Å². The number of carbonyl (C=O) groups is 1. The SMILES string of the molecule is O=C1/C(=C/c2oc(-c3ccc(Cl)cc3)cc2CCCO)SC(=S)N1C1CCCCCCC1. The van der Waals surface area contributed by atoms with Crippen molar-refractivity contribution in [2.75, 3.05) is 6.61 Å². The third kappa shape index (κ3) is 5.48. The number of rotatable bonds is 6. The van der Waals surface area contributed by atoms with Gasteiger partial charge in [0.2, 0.25) is 0 Å². The number of benzene rings is 1. The Morgan fingerprint density at radius 2 is 1.84 bits per heavy atom. The van der Waals surface area contributed by atoms with Crippen LogP contribution in [0, 0.1) is 0 Å². The van der Waals surface area contributed by atoms with Crippen LogP contribution < -0.4 is 0 Å². The summed E-state index contributed by atoms with van der Waals surface area (Å²) in [5, 5.41) is 9.98. The maximum atomic E-state index is 13.3. The van der Waals surface area contributed by atoms with Gasteiger partial charge >= 0.3 is 0 Å². The molecule has 1 aromatic carbocycles. The molecule has 1 saturated heterocycles. The molecule has 1 aliphatic heterocycles. The van der Waals surface area contributed by atoms with Gasteiger partial charge in [-0.1, -0.05) is 67.7 Å². The smallest absolute Gasteiger partial charge is 0.266 e. The molecule has 1 aliphatic carbocycles. The Kier molecular flexibility index (Phi) is 8.11. The quantitative estimate of drug-likeness (QED) is 0.355. The summed E-state index contributed by atoms with van der Waals surface area (Å²) in [5.41, 5.74) is 1.89. The van der Waals surface area contributed by atoms with E-state index in [4.69, 9.17) is 28.2 Å². The third-order valence-corrected chi connectivity index (χ3v) is 7.68. The Balaban J connectivity index is 1.61. The largest absolute Gasteiger partial charge is 0.456 e. The number of aryl methyl sites for hydroxylation is 1. The molecule has 1 N–H and O–H groups in total. The van der Waals surface area contributed by atoms with Crippen molar-refractivity contribution in [1.29, 1.82) is 0 Å². The molecule has 0 spiro atoms. The predicted molar refractivity (Wildman–Crippen MR) is 136 cm³/mol. The fraction of sp³-hybridized carbons (Fsp3) is 0.440. The van der Waals surface area contributed by atoms with Crippen molar-refractivity contribution in [2.45, 2.75) is 63.8 Å². The van der Waals surface area contributed by atoms with Crippen LogP contribution in [0.25, 0.3) is 17.4 Å². The van der Waals surface area contributed by atoms with Gasteiger partial charge in [0, 0.05) is 29.3 Å². The van der Waals surface area contributed by atoms with Crippen LogP contribution in [-0.4, -0.2) is 32.9 Å². The Labute approximate surface area is 204 Å². The summed E-state index contributed by atoms with van der Waals surface area (Å²) in [6, 6.07) is 9.66. The van der Waals surface area contributed by atoms with Gasteiger partial charge in [0.1, 0.15) is 15.8 Å². The number of carbonyl (C=O) groups excluding carboxylic acids is 1. The standard InChI is InChI=1S/C25H28ClNO3S2/c26-19-12-10-17(11-13-19)21-15-18(7-6-14-28)22(30-21)16-23-24(29)27(25(31)32-23)20-8-4-2-1-3-5-9-20/h10-13,15-16,20,28H,1-9,14H2/b23-16-. The molecular weight excluding hydrogens is 462 g/mol. The van der Waals surface area contributed by atoms with Crippen molar-refractivity contribution in [2.24, 2.45) is 0 Å². The number of amides is 1. The fourth-order valence-electron chi connectivity index (χ4n) is 4.39. The average molecular weight is 490 g/mol. The van der Waals surface area contributed by atoms with Gasteiger partial charge in [-0.05, 0) is 61.6 Å². The summed E-state index contributed by atoms with van der Waals surface area (Å²) in [7, 11) is 0. The second-order valence-corrected chi connectivity index (χ2v) is 10.5. The maximum Gasteiger partial charge on any atom is 0.266 e. The summed E-state index contributed by atoms with van der Waals surface area (Å²) in [6.07, 6.45) is 11.2. The molecule has 2 heterocycles. The van der Waals surface area contributed by atoms with Crippen LogP contribution in [-0.2, 0) is 11.2 Å². The van der Waals surface area contributed by atoms with Gasteiger partial charge in [-0.15, -0.1) is 0 Å². The van der Waals surface area contributed by atoms with Crippen LogP contribution in [0.1, 0.15) is 62.7 Å². The summed E-state index contributed by atoms with van der Waals surface area (Å²) in [6.45, 7) is 0.102. The lowest BCUT2D eigenvalue weighted by atomic mass is 9.96. The Morgan fingerprint density at radius 1 is 1.16 bits per heavy atom. The minimum absolute atomic E-state index is 0.0110. The Morgan fingerprint density at radius 3 is 2.53 bits per heavy atom. The number of hydrogen-bond acceptors (Lipinski definition) is 5. The van der Waals surface area contributed by atoms with Gasteiger partial charge in [-0.3, -0.25) is 9.69 Å². The zero-order valence-electron chi connectivity index (χ0n) is 18.0. The number of aliphatic hydroxyl groups is 1. The number of furan rings is 1. The van der Waals surface area contributed by atoms with Crippen LogP contribution in [0.3, 0.4) is 0 Å². The maximum absolute atomic E-state index is 13.3. The lowest BCUT2D eigenvalue weighted by Gasteiger charge is -2.28. The predicted octanol–water partition coefficient (Wildman–Crippen LogP) is 6.84. The second-order valence-electron chi connectivity index (χ2n) is 8.38. The number of thioether (sulfide) groups is 1. The van der Waals surface area contributed by atoms with E-state index in [0.717, 1.165) is 42.6 Å². The number of aliphatic hydroxyl groups excluding tert-OH is 1. The number of nitrogens with zero attached hydrogens (tertiary/aromatic N) is 1. The Hall–Kier alpha value is -1.60. The third-order valence-electron chi connectivity index (χ3n) is 6.10. The van der Waals surface area contributed by atoms with Crippen molar-refractivity contribution in [3.8, 4) is 11.3 Å². The lowest BCUT2D eigenvalue weighted by molar-refractivity contribution is -0.123. The molecule has 2 fully saturated rings. The van der Waals surface area contributed by atoms with E-state index >= 15 is 0 Å². The molecule has 1 saturated carbocycles. The molecule has 32 heavy (non-hydrogen) atoms. The number of hydrogen-bond donors (Lipinski definition) is 1. The van der Waals surface area contributed by atoms with Gasteiger partial charge in [-0.25, -0.2) is 0 Å². The molecule has 7 heteroatoms. The summed E-state index contributed by atoms with van der Waals surface area (Å²) >= 11 is 13.0. The second kappa shape index (κ2) is 11.0. The highest BCUT2D eigenvalue weighted by Gasteiger charge is 2.37. The monoisotopic (exact) mass is 489 g/mol. The zero-order chi connectivity index (χ0) is 22.5. The van der Waals surface area contributed by atoms with Gasteiger partial charge in [-0.2, -0.15) is 0 Å². The normalized spacial score (nSPS) is 19.6. The van der Waals surface area contributed by atoms with Crippen LogP contribution in [0.5, 0.6) is 0 Å². The molecule has 0 unspecified atom stereocenters. The Bertz CT molecular complexity index is 991. The molecule has 1 amide bonds. The van der Waals surface area contributed by atoms with E-state index < -0.39 is 0 Å². The first-order chi connectivity index (χ1) is 15.6. The molecule has 0 radical (unpaired) electrons. The minimum Gasteiger partial charge on any atom is -0.456 e. The van der Waals surface area contributed by atoms with E-state index in [-0.39, 0.29) is 18.6 Å². The van der Waals surface area contributed by atoms with E-state index in [1.807, 2.05) is 41.3 Å². The molecule has 1 aromatic heterocycles. The summed E-state index contributed by atoms with van der Waals surface area (Å²) in [5.74, 6) is 1.36. The highest BCUT2D eigenvalue weighted by atomic mass is 35.5. The summed E-state index contributed by atoms with van der Waals surface area (Å²) in [4.78, 5) is 15.8. The average Bonchev–Trinajstić information content (AvgIpc) is 3.28. The van der Waals surface area contributed by atoms with Crippen LogP contribution in [0.15, 0.2) is 39.7 Å². The van der Waals surface area contributed by atoms with Crippen molar-refractivity contribution in [3.63, 3.8) is 0 Å². The molecule has 170 valence electrons. The molecule has 4 rings (SSSR count). The van der Waals surface area contributed by atoms with Crippen molar-refractivity contribution in [1.82, 2.24) is 4.90 Å². The number of thiocarbonyl (C=S) groups is 1. The topological polar surface area (TPSA) is 53.7 Å². The van der Waals surface area contributed by atoms with Crippen LogP contribution in [0.2, 0.25) is 5.02 Å². The minimum atomic E-state index is -0.0110. The highest BCUT2D eigenvalue weighted by Crippen LogP contribution is 2.38. The molecule has 4 nitrogen and oxygen atoms in total. The van der Waals surface area contributed by atoms with Crippen molar-refractivity contribution >= 4 is 51.9 Å². The fourth-order valence-corrected chi connectivity index (χ4v) is 5.89. The zero-order valence-corrected chi connectivity index (χ0v) is 20.4. The van der Waals surface area contributed by atoms with Crippen molar-refractivity contribution in [3.05, 3.63) is 51.6 Å². The molecular formula is C25H28ClNO3S2. The molecule has 2 aliphatic rings. The van der Waals surface area contributed by atoms with Gasteiger partial charge < -0.3 is 9.52 Å². The molecule has 2 aromatic rings. The van der Waals surface area contributed by atoms with E-state index in [1.165, 1.54) is 31.0 Å². The van der Waals surface area contributed by atoms with E-state index in [1.54, 1.807) is 0 Å². The first-order valence-electron chi connectivity index (χ1n) is 11.3. The van der Waals surface area contributed by atoms with Crippen LogP contribution in [0.4, 0.5) is 0 Å². The first-order valence-corrected chi connectivity index (χ1v) is 12.9. The van der Waals surface area contributed by atoms with Gasteiger partial charge in [0.05, 0.1) is 4.91 Å². The van der Waals surface area contributed by atoms with E-state index in [2.05, 4.69) is 0 Å². The molecule has 0 atom stereocenters. The van der Waals surface area contributed by atoms with Gasteiger partial charge in [0.25, 0.3) is 5.91 Å².